The maximum Gasteiger partial charge on any atom is 0.132 e. The highest BCUT2D eigenvalue weighted by Crippen LogP contribution is 2.33. The number of halogens is 2. The summed E-state index contributed by atoms with van der Waals surface area (Å²) in [4.78, 5) is 11.6. The Hall–Kier alpha value is -3.03. The van der Waals surface area contributed by atoms with Crippen molar-refractivity contribution in [3.05, 3.63) is 59.6 Å². The molecule has 146 valence electrons. The summed E-state index contributed by atoms with van der Waals surface area (Å²) in [5.74, 6) is -0.374. The lowest BCUT2D eigenvalue weighted by atomic mass is 10.0. The highest BCUT2D eigenvalue weighted by molar-refractivity contribution is 6.30. The van der Waals surface area contributed by atoms with Crippen LogP contribution in [0.2, 0.25) is 5.02 Å². The van der Waals surface area contributed by atoms with Crippen LogP contribution in [-0.4, -0.2) is 46.3 Å². The molecule has 1 fully saturated rings. The van der Waals surface area contributed by atoms with Gasteiger partial charge in [-0.15, -0.1) is 0 Å². The van der Waals surface area contributed by atoms with E-state index in [9.17, 15) is 4.39 Å². The Kier molecular flexibility index (Phi) is 4.41. The summed E-state index contributed by atoms with van der Waals surface area (Å²) in [6.45, 7) is 1.90. The summed E-state index contributed by atoms with van der Waals surface area (Å²) in [5, 5.41) is 10.7. The number of nitrogens with one attached hydrogen (secondary N) is 2. The standard InChI is InChI=1S/C21H18ClFN6/c1-24-13-10-29(11-13)14-7-20-19(25-8-14)5-4-18(27-20)16-9-26-28-21(16)15-6-12(22)2-3-17(15)23/h2-9,13,24H,10-11H2,1H3,(H,26,28). The number of likely N-dealkylation sites (N-methyl/N-ethyl adjacent to an activating group) is 1. The van der Waals surface area contributed by atoms with E-state index in [0.29, 0.717) is 33.6 Å². The minimum atomic E-state index is -0.374. The number of hydrogen-bond donors (Lipinski definition) is 2. The third-order valence-electron chi connectivity index (χ3n) is 5.29. The van der Waals surface area contributed by atoms with Gasteiger partial charge in [-0.2, -0.15) is 5.10 Å². The van der Waals surface area contributed by atoms with Crippen LogP contribution in [0.1, 0.15) is 0 Å². The Morgan fingerprint density at radius 1 is 1.10 bits per heavy atom. The van der Waals surface area contributed by atoms with Crippen LogP contribution in [0.4, 0.5) is 10.1 Å². The van der Waals surface area contributed by atoms with Crippen LogP contribution in [0, 0.1) is 5.82 Å². The second-order valence-electron chi connectivity index (χ2n) is 7.10. The molecule has 8 heteroatoms. The number of aromatic nitrogens is 4. The van der Waals surface area contributed by atoms with Crippen molar-refractivity contribution in [2.75, 3.05) is 25.0 Å². The summed E-state index contributed by atoms with van der Waals surface area (Å²) >= 11 is 6.06. The molecule has 0 radical (unpaired) electrons. The lowest BCUT2D eigenvalue weighted by Gasteiger charge is -2.40. The van der Waals surface area contributed by atoms with Gasteiger partial charge in [-0.1, -0.05) is 11.6 Å². The van der Waals surface area contributed by atoms with Crippen molar-refractivity contribution in [2.24, 2.45) is 0 Å². The Labute approximate surface area is 171 Å². The predicted octanol–water partition coefficient (Wildman–Crippen LogP) is 3.89. The van der Waals surface area contributed by atoms with Gasteiger partial charge in [0.2, 0.25) is 0 Å². The normalized spacial score (nSPS) is 14.4. The summed E-state index contributed by atoms with van der Waals surface area (Å²) in [7, 11) is 1.97. The van der Waals surface area contributed by atoms with E-state index in [1.807, 2.05) is 31.4 Å². The van der Waals surface area contributed by atoms with E-state index >= 15 is 0 Å². The van der Waals surface area contributed by atoms with E-state index in [1.165, 1.54) is 12.1 Å². The van der Waals surface area contributed by atoms with E-state index < -0.39 is 0 Å². The number of H-pyrrole nitrogens is 1. The van der Waals surface area contributed by atoms with E-state index in [-0.39, 0.29) is 5.82 Å². The first kappa shape index (κ1) is 18.0. The van der Waals surface area contributed by atoms with Crippen molar-refractivity contribution >= 4 is 28.3 Å². The lowest BCUT2D eigenvalue weighted by molar-refractivity contribution is 0.450. The van der Waals surface area contributed by atoms with Gasteiger partial charge < -0.3 is 10.2 Å². The molecule has 1 aliphatic rings. The Balaban J connectivity index is 1.55. The van der Waals surface area contributed by atoms with Crippen LogP contribution in [0.15, 0.2) is 48.8 Å². The van der Waals surface area contributed by atoms with Crippen LogP contribution >= 0.6 is 11.6 Å². The SMILES string of the molecule is CNC1CN(c2cnc3ccc(-c4cn[nH]c4-c4cc(Cl)ccc4F)nc3c2)C1. The molecule has 5 rings (SSSR count). The Bertz CT molecular complexity index is 1200. The van der Waals surface area contributed by atoms with Crippen molar-refractivity contribution in [3.8, 4) is 22.5 Å². The summed E-state index contributed by atoms with van der Waals surface area (Å²) in [6.07, 6.45) is 3.52. The number of fused-ring (bicyclic) bond motifs is 1. The predicted molar refractivity (Wildman–Crippen MR) is 113 cm³/mol. The number of anilines is 1. The van der Waals surface area contributed by atoms with Gasteiger partial charge in [0.05, 0.1) is 40.5 Å². The molecule has 1 aromatic carbocycles. The smallest absolute Gasteiger partial charge is 0.132 e. The molecule has 0 spiro atoms. The van der Waals surface area contributed by atoms with Crippen LogP contribution < -0.4 is 10.2 Å². The molecule has 4 aromatic rings. The van der Waals surface area contributed by atoms with Crippen LogP contribution in [0.5, 0.6) is 0 Å². The first-order valence-electron chi connectivity index (χ1n) is 9.30. The van der Waals surface area contributed by atoms with Gasteiger partial charge >= 0.3 is 0 Å². The zero-order chi connectivity index (χ0) is 20.0. The fourth-order valence-corrected chi connectivity index (χ4v) is 3.74. The molecular formula is C21H18ClFN6. The lowest BCUT2D eigenvalue weighted by Crippen LogP contribution is -2.57. The number of aromatic amines is 1. The van der Waals surface area contributed by atoms with E-state index in [2.05, 4.69) is 25.4 Å². The van der Waals surface area contributed by atoms with Crippen LogP contribution in [0.25, 0.3) is 33.5 Å². The topological polar surface area (TPSA) is 69.7 Å². The molecule has 29 heavy (non-hydrogen) atoms. The quantitative estimate of drug-likeness (QED) is 0.536. The number of benzene rings is 1. The molecular weight excluding hydrogens is 391 g/mol. The monoisotopic (exact) mass is 408 g/mol. The molecule has 0 saturated carbocycles. The summed E-state index contributed by atoms with van der Waals surface area (Å²) in [5.41, 5.74) is 4.93. The van der Waals surface area contributed by atoms with Gasteiger partial charge in [0.15, 0.2) is 0 Å². The van der Waals surface area contributed by atoms with Gasteiger partial charge in [-0.3, -0.25) is 10.1 Å². The molecule has 4 heterocycles. The second kappa shape index (κ2) is 7.09. The molecule has 0 atom stereocenters. The van der Waals surface area contributed by atoms with Crippen LogP contribution in [0.3, 0.4) is 0 Å². The summed E-state index contributed by atoms with van der Waals surface area (Å²) in [6, 6.07) is 10.8. The van der Waals surface area contributed by atoms with Crippen molar-refractivity contribution in [2.45, 2.75) is 6.04 Å². The van der Waals surface area contributed by atoms with Crippen molar-refractivity contribution in [1.29, 1.82) is 0 Å². The Morgan fingerprint density at radius 3 is 2.79 bits per heavy atom. The van der Waals surface area contributed by atoms with Crippen molar-refractivity contribution in [3.63, 3.8) is 0 Å². The zero-order valence-corrected chi connectivity index (χ0v) is 16.4. The highest BCUT2D eigenvalue weighted by atomic mass is 35.5. The first-order chi connectivity index (χ1) is 14.1. The third kappa shape index (κ3) is 3.22. The molecule has 0 amide bonds. The molecule has 2 N–H and O–H groups in total. The molecule has 3 aromatic heterocycles. The molecule has 0 aliphatic carbocycles. The number of nitrogens with zero attached hydrogens (tertiary/aromatic N) is 4. The van der Waals surface area contributed by atoms with Gasteiger partial charge in [0.25, 0.3) is 0 Å². The van der Waals surface area contributed by atoms with Crippen LogP contribution in [-0.2, 0) is 0 Å². The average Bonchev–Trinajstić information content (AvgIpc) is 3.18. The number of hydrogen-bond acceptors (Lipinski definition) is 5. The van der Waals surface area contributed by atoms with Gasteiger partial charge in [-0.05, 0) is 43.4 Å². The molecule has 1 aliphatic heterocycles. The fraction of sp³-hybridized carbons (Fsp3) is 0.190. The van der Waals surface area contributed by atoms with Gasteiger partial charge in [-0.25, -0.2) is 9.37 Å². The number of pyridine rings is 2. The van der Waals surface area contributed by atoms with E-state index in [1.54, 1.807) is 12.3 Å². The average molecular weight is 409 g/mol. The van der Waals surface area contributed by atoms with Gasteiger partial charge in [0, 0.05) is 35.3 Å². The molecule has 1 saturated heterocycles. The van der Waals surface area contributed by atoms with Crippen molar-refractivity contribution in [1.82, 2.24) is 25.5 Å². The molecule has 0 bridgehead atoms. The Morgan fingerprint density at radius 2 is 1.97 bits per heavy atom. The fourth-order valence-electron chi connectivity index (χ4n) is 3.57. The molecule has 0 unspecified atom stereocenters. The minimum absolute atomic E-state index is 0.359. The van der Waals surface area contributed by atoms with Gasteiger partial charge in [0.1, 0.15) is 5.82 Å². The second-order valence-corrected chi connectivity index (χ2v) is 7.54. The summed E-state index contributed by atoms with van der Waals surface area (Å²) < 4.78 is 14.4. The van der Waals surface area contributed by atoms with E-state index in [0.717, 1.165) is 29.8 Å². The largest absolute Gasteiger partial charge is 0.367 e. The first-order valence-corrected chi connectivity index (χ1v) is 9.68. The third-order valence-corrected chi connectivity index (χ3v) is 5.53. The van der Waals surface area contributed by atoms with Crippen molar-refractivity contribution < 1.29 is 4.39 Å². The molecule has 6 nitrogen and oxygen atoms in total. The number of rotatable bonds is 4. The van der Waals surface area contributed by atoms with E-state index in [4.69, 9.17) is 16.6 Å². The highest BCUT2D eigenvalue weighted by Gasteiger charge is 2.25. The zero-order valence-electron chi connectivity index (χ0n) is 15.7. The maximum atomic E-state index is 14.4. The minimum Gasteiger partial charge on any atom is -0.367 e. The maximum absolute atomic E-state index is 14.4.